The summed E-state index contributed by atoms with van der Waals surface area (Å²) >= 11 is 0. The summed E-state index contributed by atoms with van der Waals surface area (Å²) in [5, 5.41) is 27.1. The van der Waals surface area contributed by atoms with E-state index in [1.165, 1.54) is 6.07 Å². The second-order valence-corrected chi connectivity index (χ2v) is 6.02. The first-order valence-electron chi connectivity index (χ1n) is 7.94. The summed E-state index contributed by atoms with van der Waals surface area (Å²) in [6.07, 6.45) is 3.06. The van der Waals surface area contributed by atoms with Crippen LogP contribution in [0.25, 0.3) is 0 Å². The molecule has 0 saturated heterocycles. The third kappa shape index (κ3) is 4.41. The Labute approximate surface area is 135 Å². The largest absolute Gasteiger partial charge is 0.388 e. The van der Waals surface area contributed by atoms with Crippen LogP contribution >= 0.6 is 0 Å². The maximum atomic E-state index is 12.2. The van der Waals surface area contributed by atoms with E-state index in [-0.39, 0.29) is 23.8 Å². The van der Waals surface area contributed by atoms with Crippen LogP contribution in [0.3, 0.4) is 0 Å². The molecule has 3 N–H and O–H groups in total. The molecule has 0 unspecified atom stereocenters. The summed E-state index contributed by atoms with van der Waals surface area (Å²) in [5.41, 5.74) is -0.402. The number of carbonyl (C=O) groups excluding carboxylic acids is 1. The van der Waals surface area contributed by atoms with Crippen LogP contribution < -0.4 is 10.6 Å². The first-order valence-corrected chi connectivity index (χ1v) is 7.94. The lowest BCUT2D eigenvalue weighted by atomic mass is 9.97. The molecule has 1 aromatic carbocycles. The van der Waals surface area contributed by atoms with E-state index in [9.17, 15) is 20.0 Å². The van der Waals surface area contributed by atoms with Crippen molar-refractivity contribution >= 4 is 17.3 Å². The van der Waals surface area contributed by atoms with E-state index >= 15 is 0 Å². The van der Waals surface area contributed by atoms with Gasteiger partial charge < -0.3 is 15.7 Å². The molecule has 0 heterocycles. The number of aliphatic hydroxyl groups is 1. The van der Waals surface area contributed by atoms with E-state index in [4.69, 9.17) is 0 Å². The number of rotatable bonds is 8. The van der Waals surface area contributed by atoms with Crippen LogP contribution in [-0.2, 0) is 0 Å². The fourth-order valence-electron chi connectivity index (χ4n) is 2.24. The van der Waals surface area contributed by atoms with Crippen LogP contribution in [0.4, 0.5) is 11.4 Å². The molecule has 1 amide bonds. The quantitative estimate of drug-likeness (QED) is 0.504. The summed E-state index contributed by atoms with van der Waals surface area (Å²) in [5.74, 6) is -0.425. The van der Waals surface area contributed by atoms with Gasteiger partial charge in [0.15, 0.2) is 0 Å². The predicted molar refractivity (Wildman–Crippen MR) is 87.6 cm³/mol. The Balaban J connectivity index is 2.10. The molecule has 1 saturated carbocycles. The SMILES string of the molecule is CCC(O)(CC)CNC(=O)c1ccc(NC2CC2)c([N+](=O)[O-])c1. The van der Waals surface area contributed by atoms with Gasteiger partial charge in [-0.05, 0) is 37.8 Å². The minimum atomic E-state index is -0.949. The zero-order chi connectivity index (χ0) is 17.0. The molecule has 0 atom stereocenters. The van der Waals surface area contributed by atoms with Gasteiger partial charge in [-0.2, -0.15) is 0 Å². The highest BCUT2D eigenvalue weighted by Crippen LogP contribution is 2.31. The number of hydrogen-bond donors (Lipinski definition) is 3. The maximum absolute atomic E-state index is 12.2. The van der Waals surface area contributed by atoms with Gasteiger partial charge in [0, 0.05) is 24.2 Å². The van der Waals surface area contributed by atoms with Crippen molar-refractivity contribution in [3.8, 4) is 0 Å². The molecule has 0 spiro atoms. The first-order chi connectivity index (χ1) is 10.9. The molecular formula is C16H23N3O4. The second kappa shape index (κ2) is 6.95. The van der Waals surface area contributed by atoms with E-state index in [1.807, 2.05) is 13.8 Å². The van der Waals surface area contributed by atoms with Crippen LogP contribution in [0, 0.1) is 10.1 Å². The van der Waals surface area contributed by atoms with Gasteiger partial charge in [0.1, 0.15) is 5.69 Å². The molecule has 0 bridgehead atoms. The Kier molecular flexibility index (Phi) is 5.20. The lowest BCUT2D eigenvalue weighted by Gasteiger charge is -2.25. The first kappa shape index (κ1) is 17.2. The maximum Gasteiger partial charge on any atom is 0.293 e. The van der Waals surface area contributed by atoms with Crippen LogP contribution in [0.1, 0.15) is 49.9 Å². The van der Waals surface area contributed by atoms with Crippen molar-refractivity contribution < 1.29 is 14.8 Å². The zero-order valence-corrected chi connectivity index (χ0v) is 13.5. The van der Waals surface area contributed by atoms with Crippen LogP contribution in [-0.4, -0.2) is 34.1 Å². The van der Waals surface area contributed by atoms with Gasteiger partial charge in [-0.15, -0.1) is 0 Å². The summed E-state index contributed by atoms with van der Waals surface area (Å²) in [6, 6.07) is 4.69. The van der Waals surface area contributed by atoms with Crippen molar-refractivity contribution in [3.05, 3.63) is 33.9 Å². The molecule has 2 rings (SSSR count). The number of amides is 1. The average molecular weight is 321 g/mol. The van der Waals surface area contributed by atoms with Gasteiger partial charge in [-0.3, -0.25) is 14.9 Å². The number of nitro groups is 1. The van der Waals surface area contributed by atoms with Gasteiger partial charge in [0.25, 0.3) is 11.6 Å². The van der Waals surface area contributed by atoms with Crippen molar-refractivity contribution in [1.29, 1.82) is 0 Å². The van der Waals surface area contributed by atoms with E-state index in [0.717, 1.165) is 12.8 Å². The Bertz CT molecular complexity index is 595. The van der Waals surface area contributed by atoms with Crippen molar-refractivity contribution in [3.63, 3.8) is 0 Å². The summed E-state index contributed by atoms with van der Waals surface area (Å²) in [6.45, 7) is 3.81. The predicted octanol–water partition coefficient (Wildman–Crippen LogP) is 2.45. The number of benzene rings is 1. The number of nitrogens with zero attached hydrogens (tertiary/aromatic N) is 1. The van der Waals surface area contributed by atoms with Gasteiger partial charge in [0.05, 0.1) is 10.5 Å². The Morgan fingerprint density at radius 3 is 2.57 bits per heavy atom. The average Bonchev–Trinajstić information content (AvgIpc) is 3.36. The van der Waals surface area contributed by atoms with Crippen molar-refractivity contribution in [2.24, 2.45) is 0 Å². The highest BCUT2D eigenvalue weighted by atomic mass is 16.6. The second-order valence-electron chi connectivity index (χ2n) is 6.02. The number of hydrogen-bond acceptors (Lipinski definition) is 5. The summed E-state index contributed by atoms with van der Waals surface area (Å²) in [7, 11) is 0. The molecule has 1 aromatic rings. The van der Waals surface area contributed by atoms with E-state index in [1.54, 1.807) is 12.1 Å². The van der Waals surface area contributed by atoms with E-state index in [2.05, 4.69) is 10.6 Å². The molecule has 23 heavy (non-hydrogen) atoms. The zero-order valence-electron chi connectivity index (χ0n) is 13.5. The molecule has 1 aliphatic carbocycles. The van der Waals surface area contributed by atoms with E-state index in [0.29, 0.717) is 18.5 Å². The number of anilines is 1. The van der Waals surface area contributed by atoms with Crippen LogP contribution in [0.2, 0.25) is 0 Å². The molecule has 7 heteroatoms. The van der Waals surface area contributed by atoms with Gasteiger partial charge in [-0.1, -0.05) is 13.8 Å². The van der Waals surface area contributed by atoms with Gasteiger partial charge >= 0.3 is 0 Å². The molecule has 1 fully saturated rings. The number of nitro benzene ring substituents is 1. The standard InChI is InChI=1S/C16H23N3O4/c1-3-16(21,4-2)10-17-15(20)11-5-8-13(18-12-6-7-12)14(9-11)19(22)23/h5,8-9,12,18,21H,3-4,6-7,10H2,1-2H3,(H,17,20). The topological polar surface area (TPSA) is 104 Å². The molecule has 7 nitrogen and oxygen atoms in total. The van der Waals surface area contributed by atoms with Crippen LogP contribution in [0.5, 0.6) is 0 Å². The van der Waals surface area contributed by atoms with Gasteiger partial charge in [-0.25, -0.2) is 0 Å². The molecule has 0 radical (unpaired) electrons. The Morgan fingerprint density at radius 2 is 2.04 bits per heavy atom. The molecule has 126 valence electrons. The molecule has 0 aliphatic heterocycles. The van der Waals surface area contributed by atoms with E-state index < -0.39 is 16.4 Å². The summed E-state index contributed by atoms with van der Waals surface area (Å²) < 4.78 is 0. The monoisotopic (exact) mass is 321 g/mol. The highest BCUT2D eigenvalue weighted by molar-refractivity contribution is 5.95. The highest BCUT2D eigenvalue weighted by Gasteiger charge is 2.26. The van der Waals surface area contributed by atoms with Gasteiger partial charge in [0.2, 0.25) is 0 Å². The van der Waals surface area contributed by atoms with Crippen molar-refractivity contribution in [2.45, 2.75) is 51.2 Å². The fraction of sp³-hybridized carbons (Fsp3) is 0.562. The number of carbonyl (C=O) groups is 1. The Hall–Kier alpha value is -2.15. The smallest absolute Gasteiger partial charge is 0.293 e. The van der Waals surface area contributed by atoms with Crippen molar-refractivity contribution in [1.82, 2.24) is 5.32 Å². The molecule has 1 aliphatic rings. The number of nitrogens with one attached hydrogen (secondary N) is 2. The normalized spacial score (nSPS) is 14.4. The molecule has 0 aromatic heterocycles. The van der Waals surface area contributed by atoms with Crippen molar-refractivity contribution in [2.75, 3.05) is 11.9 Å². The summed E-state index contributed by atoms with van der Waals surface area (Å²) in [4.78, 5) is 22.9. The Morgan fingerprint density at radius 1 is 1.39 bits per heavy atom. The molecular weight excluding hydrogens is 298 g/mol. The lowest BCUT2D eigenvalue weighted by molar-refractivity contribution is -0.384. The fourth-order valence-corrected chi connectivity index (χ4v) is 2.24. The minimum absolute atomic E-state index is 0.106. The van der Waals surface area contributed by atoms with Crippen LogP contribution in [0.15, 0.2) is 18.2 Å². The third-order valence-electron chi connectivity index (χ3n) is 4.29. The third-order valence-corrected chi connectivity index (χ3v) is 4.29. The minimum Gasteiger partial charge on any atom is -0.388 e. The lowest BCUT2D eigenvalue weighted by Crippen LogP contribution is -2.42.